The van der Waals surface area contributed by atoms with Crippen molar-refractivity contribution in [1.29, 1.82) is 0 Å². The molecular formula is C10H14ClNO3S. The van der Waals surface area contributed by atoms with Gasteiger partial charge in [-0.15, -0.1) is 0 Å². The van der Waals surface area contributed by atoms with Crippen LogP contribution in [0.15, 0.2) is 24.3 Å². The number of hydrogen-bond donors (Lipinski definition) is 2. The van der Waals surface area contributed by atoms with Gasteiger partial charge in [-0.2, -0.15) is 0 Å². The largest absolute Gasteiger partial charge is 0.399 e. The molecule has 0 radical (unpaired) electrons. The molecule has 6 heteroatoms. The standard InChI is InChI=1S/C10H14ClNO3S/c1-10(11,16(2,14)15)9(13)7-4-3-5-8(12)6-7/h3-6,9,13H,12H2,1-2H3. The van der Waals surface area contributed by atoms with E-state index in [0.717, 1.165) is 6.26 Å². The van der Waals surface area contributed by atoms with Gasteiger partial charge in [-0.3, -0.25) is 0 Å². The van der Waals surface area contributed by atoms with Crippen molar-refractivity contribution in [1.82, 2.24) is 0 Å². The number of sulfone groups is 1. The Morgan fingerprint density at radius 3 is 2.50 bits per heavy atom. The lowest BCUT2D eigenvalue weighted by molar-refractivity contribution is 0.163. The summed E-state index contributed by atoms with van der Waals surface area (Å²) in [6.07, 6.45) is -0.345. The predicted molar refractivity (Wildman–Crippen MR) is 64.9 cm³/mol. The smallest absolute Gasteiger partial charge is 0.172 e. The Bertz CT molecular complexity index is 485. The minimum absolute atomic E-state index is 0.378. The fourth-order valence-corrected chi connectivity index (χ4v) is 1.90. The molecule has 0 saturated heterocycles. The van der Waals surface area contributed by atoms with Gasteiger partial charge in [-0.25, -0.2) is 8.42 Å². The zero-order valence-corrected chi connectivity index (χ0v) is 10.6. The van der Waals surface area contributed by atoms with Gasteiger partial charge in [0, 0.05) is 11.9 Å². The molecule has 1 aromatic carbocycles. The molecule has 0 aliphatic heterocycles. The van der Waals surface area contributed by atoms with Gasteiger partial charge in [0.15, 0.2) is 14.0 Å². The second-order valence-electron chi connectivity index (χ2n) is 3.83. The van der Waals surface area contributed by atoms with Gasteiger partial charge < -0.3 is 10.8 Å². The third-order valence-corrected chi connectivity index (χ3v) is 5.16. The number of aliphatic hydroxyl groups excluding tert-OH is 1. The summed E-state index contributed by atoms with van der Waals surface area (Å²) in [6, 6.07) is 6.34. The summed E-state index contributed by atoms with van der Waals surface area (Å²) in [5, 5.41) is 9.94. The Balaban J connectivity index is 3.17. The number of alkyl halides is 1. The predicted octanol–water partition coefficient (Wildman–Crippen LogP) is 1.30. The molecule has 2 unspecified atom stereocenters. The van der Waals surface area contributed by atoms with Crippen LogP contribution in [-0.2, 0) is 9.84 Å². The van der Waals surface area contributed by atoms with Crippen molar-refractivity contribution >= 4 is 27.1 Å². The molecular weight excluding hydrogens is 250 g/mol. The number of benzene rings is 1. The lowest BCUT2D eigenvalue weighted by Gasteiger charge is -2.26. The van der Waals surface area contributed by atoms with Crippen molar-refractivity contribution in [2.45, 2.75) is 17.2 Å². The second-order valence-corrected chi connectivity index (χ2v) is 7.23. The highest BCUT2D eigenvalue weighted by atomic mass is 35.5. The molecule has 0 heterocycles. The van der Waals surface area contributed by atoms with Gasteiger partial charge in [0.1, 0.15) is 6.10 Å². The molecule has 0 saturated carbocycles. The molecule has 0 spiro atoms. The quantitative estimate of drug-likeness (QED) is 0.636. The Hall–Kier alpha value is -0.780. The number of rotatable bonds is 3. The van der Waals surface area contributed by atoms with Crippen LogP contribution in [0, 0.1) is 0 Å². The Morgan fingerprint density at radius 2 is 2.06 bits per heavy atom. The van der Waals surface area contributed by atoms with Gasteiger partial charge in [-0.05, 0) is 24.6 Å². The van der Waals surface area contributed by atoms with Crippen LogP contribution in [0.2, 0.25) is 0 Å². The highest BCUT2D eigenvalue weighted by Crippen LogP contribution is 2.36. The van der Waals surface area contributed by atoms with E-state index in [-0.39, 0.29) is 0 Å². The average Bonchev–Trinajstić information content (AvgIpc) is 2.14. The first-order chi connectivity index (χ1) is 7.16. The lowest BCUT2D eigenvalue weighted by Crippen LogP contribution is -2.35. The monoisotopic (exact) mass is 263 g/mol. The third-order valence-electron chi connectivity index (χ3n) is 2.44. The maximum atomic E-state index is 11.4. The van der Waals surface area contributed by atoms with Gasteiger partial charge in [0.05, 0.1) is 0 Å². The van der Waals surface area contributed by atoms with Gasteiger partial charge in [0.2, 0.25) is 0 Å². The van der Waals surface area contributed by atoms with Crippen LogP contribution in [0.1, 0.15) is 18.6 Å². The minimum Gasteiger partial charge on any atom is -0.399 e. The van der Waals surface area contributed by atoms with Crippen LogP contribution < -0.4 is 5.73 Å². The van der Waals surface area contributed by atoms with Gasteiger partial charge in [-0.1, -0.05) is 23.7 Å². The van der Waals surface area contributed by atoms with E-state index in [4.69, 9.17) is 17.3 Å². The number of nitrogen functional groups attached to an aromatic ring is 1. The molecule has 0 amide bonds. The molecule has 16 heavy (non-hydrogen) atoms. The SMILES string of the molecule is CC(Cl)(C(O)c1cccc(N)c1)S(C)(=O)=O. The summed E-state index contributed by atoms with van der Waals surface area (Å²) in [4.78, 5) is 0. The van der Waals surface area contributed by atoms with E-state index in [1.54, 1.807) is 18.2 Å². The van der Waals surface area contributed by atoms with E-state index < -0.39 is 20.1 Å². The number of hydrogen-bond acceptors (Lipinski definition) is 4. The van der Waals surface area contributed by atoms with E-state index >= 15 is 0 Å². The summed E-state index contributed by atoms with van der Waals surface area (Å²) in [6.45, 7) is 1.26. The van der Waals surface area contributed by atoms with Crippen LogP contribution in [0.3, 0.4) is 0 Å². The van der Waals surface area contributed by atoms with E-state index in [1.165, 1.54) is 13.0 Å². The van der Waals surface area contributed by atoms with Crippen LogP contribution in [0.25, 0.3) is 0 Å². The van der Waals surface area contributed by atoms with E-state index in [2.05, 4.69) is 0 Å². The van der Waals surface area contributed by atoms with Gasteiger partial charge in [0.25, 0.3) is 0 Å². The van der Waals surface area contributed by atoms with E-state index in [9.17, 15) is 13.5 Å². The molecule has 4 nitrogen and oxygen atoms in total. The number of nitrogens with two attached hydrogens (primary N) is 1. The maximum absolute atomic E-state index is 11.4. The summed E-state index contributed by atoms with van der Waals surface area (Å²) in [7, 11) is -3.59. The summed E-state index contributed by atoms with van der Waals surface area (Å²) < 4.78 is 21.1. The first-order valence-electron chi connectivity index (χ1n) is 4.58. The molecule has 90 valence electrons. The molecule has 3 N–H and O–H groups in total. The summed E-state index contributed by atoms with van der Waals surface area (Å²) >= 11 is 5.87. The number of halogens is 1. The van der Waals surface area contributed by atoms with E-state index in [0.29, 0.717) is 11.3 Å². The Kier molecular flexibility index (Phi) is 3.52. The maximum Gasteiger partial charge on any atom is 0.172 e. The van der Waals surface area contributed by atoms with Crippen molar-refractivity contribution in [3.63, 3.8) is 0 Å². The zero-order valence-electron chi connectivity index (χ0n) is 9.01. The Labute approximate surface area is 100.0 Å². The molecule has 2 atom stereocenters. The van der Waals surface area contributed by atoms with Crippen molar-refractivity contribution in [3.8, 4) is 0 Å². The molecule has 0 fully saturated rings. The van der Waals surface area contributed by atoms with E-state index in [1.807, 2.05) is 0 Å². The molecule has 0 aromatic heterocycles. The molecule has 1 rings (SSSR count). The van der Waals surface area contributed by atoms with Crippen molar-refractivity contribution in [2.24, 2.45) is 0 Å². The molecule has 0 aliphatic carbocycles. The third kappa shape index (κ3) is 2.48. The fraction of sp³-hybridized carbons (Fsp3) is 0.400. The van der Waals surface area contributed by atoms with Crippen molar-refractivity contribution in [2.75, 3.05) is 12.0 Å². The summed E-state index contributed by atoms with van der Waals surface area (Å²) in [5.74, 6) is 0. The first kappa shape index (κ1) is 13.3. The topological polar surface area (TPSA) is 80.4 Å². The molecule has 1 aromatic rings. The normalized spacial score (nSPS) is 17.8. The zero-order chi connectivity index (χ0) is 12.6. The van der Waals surface area contributed by atoms with Crippen LogP contribution >= 0.6 is 11.6 Å². The lowest BCUT2D eigenvalue weighted by atomic mass is 10.1. The van der Waals surface area contributed by atoms with Crippen LogP contribution in [-0.4, -0.2) is 24.0 Å². The average molecular weight is 264 g/mol. The number of anilines is 1. The molecule has 0 aliphatic rings. The highest BCUT2D eigenvalue weighted by molar-refractivity contribution is 7.93. The van der Waals surface area contributed by atoms with Gasteiger partial charge >= 0.3 is 0 Å². The second kappa shape index (κ2) is 4.24. The summed E-state index contributed by atoms with van der Waals surface area (Å²) in [5.41, 5.74) is 6.36. The highest BCUT2D eigenvalue weighted by Gasteiger charge is 2.41. The minimum atomic E-state index is -3.59. The Morgan fingerprint density at radius 1 is 1.50 bits per heavy atom. The first-order valence-corrected chi connectivity index (χ1v) is 6.85. The number of aliphatic hydroxyl groups is 1. The fourth-order valence-electron chi connectivity index (χ4n) is 1.23. The van der Waals surface area contributed by atoms with Crippen molar-refractivity contribution in [3.05, 3.63) is 29.8 Å². The van der Waals surface area contributed by atoms with Crippen LogP contribution in [0.4, 0.5) is 5.69 Å². The van der Waals surface area contributed by atoms with Crippen LogP contribution in [0.5, 0.6) is 0 Å². The molecule has 0 bridgehead atoms. The van der Waals surface area contributed by atoms with Crippen molar-refractivity contribution < 1.29 is 13.5 Å².